The zero-order valence-corrected chi connectivity index (χ0v) is 11.7. The van der Waals surface area contributed by atoms with Gasteiger partial charge in [-0.25, -0.2) is 0 Å². The molecule has 0 bridgehead atoms. The third-order valence-electron chi connectivity index (χ3n) is 4.51. The second-order valence-electron chi connectivity index (χ2n) is 5.78. The minimum atomic E-state index is -0.0206. The second kappa shape index (κ2) is 6.02. The first-order valence-corrected chi connectivity index (χ1v) is 7.43. The summed E-state index contributed by atoms with van der Waals surface area (Å²) in [6, 6.07) is 0.931. The third-order valence-corrected chi connectivity index (χ3v) is 4.51. The molecule has 3 unspecified atom stereocenters. The molecular weight excluding hydrogens is 226 g/mol. The van der Waals surface area contributed by atoms with Crippen molar-refractivity contribution in [1.29, 1.82) is 0 Å². The number of hydrogen-bond acceptors (Lipinski definition) is 3. The van der Waals surface area contributed by atoms with Crippen molar-refractivity contribution in [2.75, 3.05) is 13.1 Å². The largest absolute Gasteiger partial charge is 0.352 e. The van der Waals surface area contributed by atoms with Crippen LogP contribution in [0.5, 0.6) is 0 Å². The number of carbonyl (C=O) groups excluding carboxylic acids is 1. The van der Waals surface area contributed by atoms with Crippen LogP contribution in [0.15, 0.2) is 0 Å². The predicted octanol–water partition coefficient (Wildman–Crippen LogP) is 1.10. The molecule has 2 aliphatic carbocycles. The minimum Gasteiger partial charge on any atom is -0.352 e. The average molecular weight is 253 g/mol. The van der Waals surface area contributed by atoms with Gasteiger partial charge in [0, 0.05) is 12.1 Å². The SMILES string of the molecule is CCN(C(C)C(=O)NC1CC1)C1CCCC1CN. The van der Waals surface area contributed by atoms with Gasteiger partial charge in [0.25, 0.3) is 0 Å². The molecule has 0 aromatic carbocycles. The lowest BCUT2D eigenvalue weighted by Crippen LogP contribution is -2.52. The summed E-state index contributed by atoms with van der Waals surface area (Å²) >= 11 is 0. The van der Waals surface area contributed by atoms with Crippen LogP contribution in [0.3, 0.4) is 0 Å². The lowest BCUT2D eigenvalue weighted by molar-refractivity contribution is -0.127. The molecule has 4 heteroatoms. The highest BCUT2D eigenvalue weighted by Gasteiger charge is 2.36. The molecule has 2 rings (SSSR count). The summed E-state index contributed by atoms with van der Waals surface area (Å²) in [6.45, 7) is 5.86. The van der Waals surface area contributed by atoms with Gasteiger partial charge in [-0.1, -0.05) is 13.3 Å². The van der Waals surface area contributed by atoms with E-state index in [4.69, 9.17) is 5.73 Å². The molecule has 0 spiro atoms. The maximum Gasteiger partial charge on any atom is 0.237 e. The summed E-state index contributed by atoms with van der Waals surface area (Å²) in [5.74, 6) is 0.767. The highest BCUT2D eigenvalue weighted by Crippen LogP contribution is 2.30. The van der Waals surface area contributed by atoms with Crippen molar-refractivity contribution >= 4 is 5.91 Å². The van der Waals surface area contributed by atoms with E-state index in [0.717, 1.165) is 25.9 Å². The molecule has 1 amide bonds. The fourth-order valence-electron chi connectivity index (χ4n) is 3.22. The zero-order valence-electron chi connectivity index (χ0n) is 11.7. The molecule has 0 heterocycles. The first-order chi connectivity index (χ1) is 8.67. The van der Waals surface area contributed by atoms with Crippen molar-refractivity contribution in [3.63, 3.8) is 0 Å². The highest BCUT2D eigenvalue weighted by molar-refractivity contribution is 5.81. The lowest BCUT2D eigenvalue weighted by Gasteiger charge is -2.35. The van der Waals surface area contributed by atoms with E-state index in [2.05, 4.69) is 17.1 Å². The smallest absolute Gasteiger partial charge is 0.237 e. The van der Waals surface area contributed by atoms with E-state index >= 15 is 0 Å². The number of carbonyl (C=O) groups is 1. The van der Waals surface area contributed by atoms with Crippen molar-refractivity contribution in [3.8, 4) is 0 Å². The van der Waals surface area contributed by atoms with Gasteiger partial charge in [-0.2, -0.15) is 0 Å². The number of amides is 1. The number of nitrogens with two attached hydrogens (primary N) is 1. The van der Waals surface area contributed by atoms with E-state index < -0.39 is 0 Å². The Bertz CT molecular complexity index is 291. The number of nitrogens with zero attached hydrogens (tertiary/aromatic N) is 1. The van der Waals surface area contributed by atoms with Gasteiger partial charge in [0.05, 0.1) is 6.04 Å². The molecule has 104 valence electrons. The van der Waals surface area contributed by atoms with Crippen LogP contribution >= 0.6 is 0 Å². The Hall–Kier alpha value is -0.610. The standard InChI is InChI=1S/C14H27N3O/c1-3-17(13-6-4-5-11(13)9-15)10(2)14(18)16-12-7-8-12/h10-13H,3-9,15H2,1-2H3,(H,16,18). The third kappa shape index (κ3) is 3.04. The van der Waals surface area contributed by atoms with E-state index in [1.807, 2.05) is 6.92 Å². The molecule has 0 aromatic rings. The fourth-order valence-corrected chi connectivity index (χ4v) is 3.22. The van der Waals surface area contributed by atoms with E-state index in [0.29, 0.717) is 18.0 Å². The van der Waals surface area contributed by atoms with E-state index in [1.165, 1.54) is 19.3 Å². The van der Waals surface area contributed by atoms with Crippen LogP contribution in [0.2, 0.25) is 0 Å². The second-order valence-corrected chi connectivity index (χ2v) is 5.78. The van der Waals surface area contributed by atoms with Gasteiger partial charge >= 0.3 is 0 Å². The fraction of sp³-hybridized carbons (Fsp3) is 0.929. The van der Waals surface area contributed by atoms with Crippen molar-refractivity contribution in [1.82, 2.24) is 10.2 Å². The molecule has 3 atom stereocenters. The molecule has 2 saturated carbocycles. The van der Waals surface area contributed by atoms with Gasteiger partial charge in [-0.05, 0) is 51.6 Å². The Morgan fingerprint density at radius 2 is 2.11 bits per heavy atom. The van der Waals surface area contributed by atoms with Gasteiger partial charge in [-0.15, -0.1) is 0 Å². The summed E-state index contributed by atoms with van der Waals surface area (Å²) in [4.78, 5) is 14.5. The molecule has 3 N–H and O–H groups in total. The Kier molecular flexibility index (Phi) is 4.62. The van der Waals surface area contributed by atoms with Gasteiger partial charge in [0.1, 0.15) is 0 Å². The Morgan fingerprint density at radius 1 is 1.39 bits per heavy atom. The van der Waals surface area contributed by atoms with Crippen LogP contribution in [-0.4, -0.2) is 42.0 Å². The summed E-state index contributed by atoms with van der Waals surface area (Å²) in [5.41, 5.74) is 5.86. The highest BCUT2D eigenvalue weighted by atomic mass is 16.2. The van der Waals surface area contributed by atoms with Gasteiger partial charge < -0.3 is 11.1 Å². The molecule has 2 aliphatic rings. The normalized spacial score (nSPS) is 29.6. The topological polar surface area (TPSA) is 58.4 Å². The molecule has 18 heavy (non-hydrogen) atoms. The molecule has 4 nitrogen and oxygen atoms in total. The quantitative estimate of drug-likeness (QED) is 0.745. The maximum atomic E-state index is 12.2. The van der Waals surface area contributed by atoms with Crippen LogP contribution in [0.4, 0.5) is 0 Å². The summed E-state index contributed by atoms with van der Waals surface area (Å²) in [5, 5.41) is 3.11. The van der Waals surface area contributed by atoms with Crippen LogP contribution in [0.25, 0.3) is 0 Å². The monoisotopic (exact) mass is 253 g/mol. The molecule has 2 fully saturated rings. The molecule has 0 aromatic heterocycles. The predicted molar refractivity (Wildman–Crippen MR) is 73.2 cm³/mol. The average Bonchev–Trinajstić information content (AvgIpc) is 3.06. The zero-order chi connectivity index (χ0) is 13.1. The molecule has 0 radical (unpaired) electrons. The summed E-state index contributed by atoms with van der Waals surface area (Å²) in [6.07, 6.45) is 5.96. The Balaban J connectivity index is 1.95. The minimum absolute atomic E-state index is 0.0206. The summed E-state index contributed by atoms with van der Waals surface area (Å²) in [7, 11) is 0. The first kappa shape index (κ1) is 13.8. The van der Waals surface area contributed by atoms with E-state index in [-0.39, 0.29) is 11.9 Å². The number of likely N-dealkylation sites (N-methyl/N-ethyl adjacent to an activating group) is 1. The first-order valence-electron chi connectivity index (χ1n) is 7.43. The summed E-state index contributed by atoms with van der Waals surface area (Å²) < 4.78 is 0. The van der Waals surface area contributed by atoms with E-state index in [1.54, 1.807) is 0 Å². The van der Waals surface area contributed by atoms with Crippen LogP contribution in [-0.2, 0) is 4.79 Å². The van der Waals surface area contributed by atoms with Gasteiger partial charge in [0.15, 0.2) is 0 Å². The van der Waals surface area contributed by atoms with Crippen molar-refractivity contribution in [2.45, 2.75) is 64.1 Å². The van der Waals surface area contributed by atoms with Gasteiger partial charge in [0.2, 0.25) is 5.91 Å². The van der Waals surface area contributed by atoms with Crippen LogP contribution < -0.4 is 11.1 Å². The molecule has 0 aliphatic heterocycles. The lowest BCUT2D eigenvalue weighted by atomic mass is 10.0. The van der Waals surface area contributed by atoms with Crippen molar-refractivity contribution in [2.24, 2.45) is 11.7 Å². The Labute approximate surface area is 110 Å². The molecule has 0 saturated heterocycles. The van der Waals surface area contributed by atoms with Crippen LogP contribution in [0.1, 0.15) is 46.0 Å². The van der Waals surface area contributed by atoms with Crippen molar-refractivity contribution in [3.05, 3.63) is 0 Å². The maximum absolute atomic E-state index is 12.2. The molecular formula is C14H27N3O. The number of rotatable bonds is 6. The number of hydrogen-bond donors (Lipinski definition) is 2. The Morgan fingerprint density at radius 3 is 2.67 bits per heavy atom. The van der Waals surface area contributed by atoms with Gasteiger partial charge in [-0.3, -0.25) is 9.69 Å². The number of nitrogens with one attached hydrogen (secondary N) is 1. The van der Waals surface area contributed by atoms with E-state index in [9.17, 15) is 4.79 Å². The van der Waals surface area contributed by atoms with Crippen LogP contribution in [0, 0.1) is 5.92 Å². The van der Waals surface area contributed by atoms with Crippen molar-refractivity contribution < 1.29 is 4.79 Å².